The normalized spacial score (nSPS) is 13.9. The van der Waals surface area contributed by atoms with Gasteiger partial charge in [-0.1, -0.05) is 127 Å². The predicted octanol–water partition coefficient (Wildman–Crippen LogP) is 4.17. The van der Waals surface area contributed by atoms with Crippen LogP contribution in [-0.2, 0) is 20.4 Å². The van der Waals surface area contributed by atoms with Crippen molar-refractivity contribution in [1.82, 2.24) is 0 Å². The van der Waals surface area contributed by atoms with Gasteiger partial charge in [0, 0.05) is 10.8 Å². The van der Waals surface area contributed by atoms with Crippen molar-refractivity contribution < 1.29 is 19.8 Å². The van der Waals surface area contributed by atoms with Gasteiger partial charge in [0.2, 0.25) is 0 Å². The Balaban J connectivity index is 0.000000602. The first-order valence-electron chi connectivity index (χ1n) is 11.8. The van der Waals surface area contributed by atoms with Gasteiger partial charge in [-0.2, -0.15) is 0 Å². The van der Waals surface area contributed by atoms with Gasteiger partial charge >= 0.3 is 37.7 Å². The number of hydrogen-bond acceptors (Lipinski definition) is 4. The minimum absolute atomic E-state index is 0. The predicted molar refractivity (Wildman–Crippen MR) is 132 cm³/mol. The Labute approximate surface area is 229 Å². The molecule has 0 aliphatic heterocycles. The van der Waals surface area contributed by atoms with E-state index in [1.54, 1.807) is 13.8 Å². The van der Waals surface area contributed by atoms with Crippen LogP contribution in [0.15, 0.2) is 60.7 Å². The zero-order chi connectivity index (χ0) is 24.0. The first kappa shape index (κ1) is 31.6. The molecule has 2 aromatic carbocycles. The van der Waals surface area contributed by atoms with E-state index >= 15 is 0 Å². The fourth-order valence-corrected chi connectivity index (χ4v) is 3.80. The summed E-state index contributed by atoms with van der Waals surface area (Å²) < 4.78 is 0. The van der Waals surface area contributed by atoms with E-state index in [1.807, 2.05) is 60.7 Å². The van der Waals surface area contributed by atoms with Crippen LogP contribution in [0, 0.1) is 0 Å². The Bertz CT molecular complexity index is 740. The molecule has 2 rings (SSSR count). The van der Waals surface area contributed by atoms with Gasteiger partial charge in [-0.25, -0.2) is 0 Å². The third-order valence-corrected chi connectivity index (χ3v) is 6.28. The van der Waals surface area contributed by atoms with Crippen LogP contribution in [0.2, 0.25) is 0 Å². The van der Waals surface area contributed by atoms with Gasteiger partial charge in [-0.15, -0.1) is 0 Å². The fourth-order valence-electron chi connectivity index (χ4n) is 3.80. The second-order valence-electron chi connectivity index (χ2n) is 8.89. The average Bonchev–Trinajstić information content (AvgIpc) is 2.80. The molecule has 33 heavy (non-hydrogen) atoms. The summed E-state index contributed by atoms with van der Waals surface area (Å²) in [6, 6.07) is 18.7. The van der Waals surface area contributed by atoms with Crippen LogP contribution in [0.5, 0.6) is 0 Å². The molecule has 2 unspecified atom stereocenters. The number of hydrogen-bond donors (Lipinski definition) is 0. The van der Waals surface area contributed by atoms with Crippen LogP contribution in [0.25, 0.3) is 0 Å². The first-order chi connectivity index (χ1) is 15.2. The number of carbonyl (C=O) groups excluding carboxylic acids is 2. The number of unbranched alkanes of at least 4 members (excludes halogenated alkanes) is 4. The molecular weight excluding hydrogens is 440 g/mol. The van der Waals surface area contributed by atoms with Crippen LogP contribution >= 0.6 is 0 Å². The number of benzene rings is 2. The number of carbonyl (C=O) groups is 2. The molecule has 0 amide bonds. The zero-order valence-electron chi connectivity index (χ0n) is 20.8. The van der Waals surface area contributed by atoms with E-state index in [2.05, 4.69) is 13.8 Å². The van der Waals surface area contributed by atoms with E-state index < -0.39 is 22.8 Å². The largest absolute Gasteiger partial charge is 2.00 e. The van der Waals surface area contributed by atoms with Gasteiger partial charge in [-0.05, 0) is 24.0 Å². The van der Waals surface area contributed by atoms with Crippen molar-refractivity contribution in [3.05, 3.63) is 71.8 Å². The van der Waals surface area contributed by atoms with Gasteiger partial charge in [0.05, 0.1) is 11.9 Å². The Morgan fingerprint density at radius 3 is 1.18 bits per heavy atom. The molecule has 0 spiro atoms. The number of carboxylic acid groups (broad SMARTS) is 2. The molecule has 0 saturated heterocycles. The van der Waals surface area contributed by atoms with E-state index in [4.69, 9.17) is 0 Å². The summed E-state index contributed by atoms with van der Waals surface area (Å²) in [6.45, 7) is 7.73. The molecule has 0 fully saturated rings. The van der Waals surface area contributed by atoms with Crippen molar-refractivity contribution in [3.8, 4) is 0 Å². The van der Waals surface area contributed by atoms with Crippen LogP contribution < -0.4 is 10.2 Å². The molecule has 0 saturated carbocycles. The van der Waals surface area contributed by atoms with Crippen LogP contribution in [0.4, 0.5) is 0 Å². The smallest absolute Gasteiger partial charge is 0.549 e. The van der Waals surface area contributed by atoms with Crippen LogP contribution in [0.1, 0.15) is 90.2 Å². The molecule has 0 bridgehead atoms. The van der Waals surface area contributed by atoms with E-state index in [-0.39, 0.29) is 37.7 Å². The Morgan fingerprint density at radius 1 is 0.636 bits per heavy atom. The summed E-state index contributed by atoms with van der Waals surface area (Å²) in [6.07, 6.45) is 7.47. The van der Waals surface area contributed by atoms with E-state index in [0.29, 0.717) is 12.8 Å². The summed E-state index contributed by atoms with van der Waals surface area (Å²) in [5, 5.41) is 22.6. The van der Waals surface area contributed by atoms with Gasteiger partial charge in [-0.3, -0.25) is 0 Å². The summed E-state index contributed by atoms with van der Waals surface area (Å²) in [5.41, 5.74) is -0.0236. The van der Waals surface area contributed by atoms with Crippen molar-refractivity contribution in [2.24, 2.45) is 0 Å². The van der Waals surface area contributed by atoms with Crippen molar-refractivity contribution in [1.29, 1.82) is 0 Å². The molecule has 0 aliphatic rings. The number of aliphatic carboxylic acids is 2. The summed E-state index contributed by atoms with van der Waals surface area (Å²) in [7, 11) is 0. The Hall–Kier alpha value is -1.36. The van der Waals surface area contributed by atoms with E-state index in [9.17, 15) is 19.8 Å². The average molecular weight is 479 g/mol. The van der Waals surface area contributed by atoms with Gasteiger partial charge in [0.25, 0.3) is 0 Å². The van der Waals surface area contributed by atoms with E-state index in [0.717, 1.165) is 49.7 Å². The van der Waals surface area contributed by atoms with Crippen LogP contribution in [0.3, 0.4) is 0 Å². The third-order valence-electron chi connectivity index (χ3n) is 6.28. The zero-order valence-corrected chi connectivity index (χ0v) is 23.0. The van der Waals surface area contributed by atoms with Gasteiger partial charge in [0.15, 0.2) is 0 Å². The van der Waals surface area contributed by atoms with Crippen LogP contribution in [-0.4, -0.2) is 49.7 Å². The monoisotopic (exact) mass is 478 g/mol. The summed E-state index contributed by atoms with van der Waals surface area (Å²) in [4.78, 5) is 22.6. The second kappa shape index (κ2) is 16.3. The molecule has 2 atom stereocenters. The van der Waals surface area contributed by atoms with Crippen molar-refractivity contribution in [2.45, 2.75) is 89.9 Å². The van der Waals surface area contributed by atoms with E-state index in [1.165, 1.54) is 0 Å². The van der Waals surface area contributed by atoms with Gasteiger partial charge in [0.1, 0.15) is 0 Å². The minimum atomic E-state index is -0.977. The maximum absolute atomic E-state index is 11.3. The summed E-state index contributed by atoms with van der Waals surface area (Å²) in [5.74, 6) is -1.95. The molecule has 0 N–H and O–H groups in total. The molecule has 0 heterocycles. The molecule has 0 radical (unpaired) electrons. The van der Waals surface area contributed by atoms with Crippen molar-refractivity contribution in [3.63, 3.8) is 0 Å². The fraction of sp³-hybridized carbons (Fsp3) is 0.500. The molecule has 0 aromatic heterocycles. The standard InChI is InChI=1S/2C14H20O2.Ca/c2*1-3-4-8-11-14(2,13(15)16)12-9-6-5-7-10-12;/h2*5-7,9-10H,3-4,8,11H2,1-2H3,(H,15,16);/q;;+2/p-2. The molecule has 2 aromatic rings. The third kappa shape index (κ3) is 9.80. The van der Waals surface area contributed by atoms with Crippen molar-refractivity contribution >= 4 is 49.7 Å². The molecular formula is C28H38CaO4. The molecule has 176 valence electrons. The minimum Gasteiger partial charge on any atom is -0.549 e. The molecule has 4 nitrogen and oxygen atoms in total. The maximum atomic E-state index is 11.3. The number of carboxylic acids is 2. The molecule has 0 aliphatic carbocycles. The second-order valence-corrected chi connectivity index (χ2v) is 8.89. The topological polar surface area (TPSA) is 80.3 Å². The SMILES string of the molecule is CCCCCC(C)(C(=O)[O-])c1ccccc1.CCCCCC(C)(C(=O)[O-])c1ccccc1.[Ca+2]. The molecule has 5 heteroatoms. The Kier molecular flexibility index (Phi) is 15.6. The summed E-state index contributed by atoms with van der Waals surface area (Å²) >= 11 is 0. The number of rotatable bonds is 12. The first-order valence-corrected chi connectivity index (χ1v) is 11.8. The maximum Gasteiger partial charge on any atom is 2.00 e. The van der Waals surface area contributed by atoms with Gasteiger partial charge < -0.3 is 19.8 Å². The quantitative estimate of drug-likeness (QED) is 0.339. The Morgan fingerprint density at radius 2 is 0.939 bits per heavy atom. The van der Waals surface area contributed by atoms with Crippen molar-refractivity contribution in [2.75, 3.05) is 0 Å².